The lowest BCUT2D eigenvalue weighted by Gasteiger charge is -2.37. The Bertz CT molecular complexity index is 1650. The van der Waals surface area contributed by atoms with E-state index in [4.69, 9.17) is 18.9 Å². The normalized spacial score (nSPS) is 16.9. The van der Waals surface area contributed by atoms with E-state index in [1.54, 1.807) is 41.5 Å². The van der Waals surface area contributed by atoms with E-state index in [-0.39, 0.29) is 25.4 Å². The number of alkyl carbamates (subject to hydrolysis) is 1. The van der Waals surface area contributed by atoms with Gasteiger partial charge in [-0.2, -0.15) is 0 Å². The molecule has 1 saturated heterocycles. The molecule has 3 aromatic rings. The van der Waals surface area contributed by atoms with Crippen molar-refractivity contribution in [3.8, 4) is 5.75 Å². The summed E-state index contributed by atoms with van der Waals surface area (Å²) in [6.45, 7) is 9.32. The first-order valence-electron chi connectivity index (χ1n) is 16.1. The maximum Gasteiger partial charge on any atom is 0.411 e. The van der Waals surface area contributed by atoms with Crippen molar-refractivity contribution >= 4 is 30.1 Å². The highest BCUT2D eigenvalue weighted by Crippen LogP contribution is 2.32. The van der Waals surface area contributed by atoms with Crippen LogP contribution in [0.15, 0.2) is 60.9 Å². The summed E-state index contributed by atoms with van der Waals surface area (Å²) in [5, 5.41) is 5.13. The number of benzene rings is 2. The monoisotopic (exact) mass is 714 g/mol. The number of nitrogens with one attached hydrogen (secondary N) is 2. The number of halogens is 3. The number of morpholine rings is 1. The van der Waals surface area contributed by atoms with Crippen LogP contribution in [-0.2, 0) is 23.8 Å². The molecule has 0 saturated carbocycles. The summed E-state index contributed by atoms with van der Waals surface area (Å²) in [5.74, 6) is -4.39. The van der Waals surface area contributed by atoms with Gasteiger partial charge in [0.15, 0.2) is 11.6 Å². The molecular weight excluding hydrogens is 673 g/mol. The summed E-state index contributed by atoms with van der Waals surface area (Å²) in [6.07, 6.45) is 0.0121. The van der Waals surface area contributed by atoms with Gasteiger partial charge in [0.05, 0.1) is 25.5 Å². The summed E-state index contributed by atoms with van der Waals surface area (Å²) in [7, 11) is 0. The van der Waals surface area contributed by atoms with Gasteiger partial charge in [-0.05, 0) is 76.9 Å². The SMILES string of the molecule is CC(C)(C)OC(=O)N[C@H](C(=O)Nc1cncc(F)c1OC[C@@H]1CN(C(=O)OC(C)(C)C)[C@H](C=O)CO1)C(c1ccc(F)cc1)c1ccc(F)cc1. The number of aromatic nitrogens is 1. The molecule has 15 heteroatoms. The zero-order valence-electron chi connectivity index (χ0n) is 29.1. The Hall–Kier alpha value is -5.18. The van der Waals surface area contributed by atoms with Gasteiger partial charge in [0, 0.05) is 5.92 Å². The van der Waals surface area contributed by atoms with Crippen molar-refractivity contribution in [2.45, 2.75) is 76.9 Å². The van der Waals surface area contributed by atoms with E-state index in [1.165, 1.54) is 53.4 Å². The van der Waals surface area contributed by atoms with Gasteiger partial charge < -0.3 is 34.4 Å². The van der Waals surface area contributed by atoms with E-state index in [0.717, 1.165) is 12.4 Å². The Labute approximate surface area is 293 Å². The molecule has 274 valence electrons. The number of pyridine rings is 1. The third-order valence-electron chi connectivity index (χ3n) is 7.36. The van der Waals surface area contributed by atoms with Gasteiger partial charge in [-0.15, -0.1) is 0 Å². The number of aldehydes is 1. The number of hydrogen-bond donors (Lipinski definition) is 2. The third-order valence-corrected chi connectivity index (χ3v) is 7.36. The Morgan fingerprint density at radius 1 is 0.922 bits per heavy atom. The van der Waals surface area contributed by atoms with Crippen LogP contribution in [0, 0.1) is 17.5 Å². The Balaban J connectivity index is 1.63. The lowest BCUT2D eigenvalue weighted by molar-refractivity contribution is -0.124. The first kappa shape index (κ1) is 38.6. The van der Waals surface area contributed by atoms with Gasteiger partial charge in [0.1, 0.15) is 59.6 Å². The number of hydrogen-bond acceptors (Lipinski definition) is 9. The fraction of sp³-hybridized carbons (Fsp3) is 0.417. The number of nitrogens with zero attached hydrogens (tertiary/aromatic N) is 2. The predicted octanol–water partition coefficient (Wildman–Crippen LogP) is 5.75. The van der Waals surface area contributed by atoms with Crippen LogP contribution >= 0.6 is 0 Å². The van der Waals surface area contributed by atoms with Crippen LogP contribution in [0.4, 0.5) is 28.4 Å². The second-order valence-electron chi connectivity index (χ2n) is 13.8. The van der Waals surface area contributed by atoms with Crippen LogP contribution in [0.1, 0.15) is 58.6 Å². The molecule has 3 amide bonds. The molecule has 3 atom stereocenters. The fourth-order valence-corrected chi connectivity index (χ4v) is 5.17. The number of anilines is 1. The van der Waals surface area contributed by atoms with E-state index in [2.05, 4.69) is 15.6 Å². The maximum absolute atomic E-state index is 15.3. The standard InChI is InChI=1S/C36H41F3N4O8/c1-35(2,3)50-33(46)42-30(29(21-7-11-23(37)12-8-21)22-9-13-24(38)14-10-22)32(45)41-28-16-40-15-27(39)31(28)49-20-26-17-43(25(18-44)19-48-26)34(47)51-36(4,5)6/h7-16,18,25-26,29-30H,17,19-20H2,1-6H3,(H,41,45)(H,42,46)/t25-,26+,30+/m1/s1. The zero-order chi connectivity index (χ0) is 37.5. The summed E-state index contributed by atoms with van der Waals surface area (Å²) >= 11 is 0. The van der Waals surface area contributed by atoms with Crippen LogP contribution in [0.25, 0.3) is 0 Å². The highest BCUT2D eigenvalue weighted by atomic mass is 19.1. The molecule has 0 unspecified atom stereocenters. The summed E-state index contributed by atoms with van der Waals surface area (Å²) in [6, 6.07) is 7.95. The minimum atomic E-state index is -1.49. The number of amides is 3. The Morgan fingerprint density at radius 2 is 1.49 bits per heavy atom. The molecule has 0 bridgehead atoms. The van der Waals surface area contributed by atoms with E-state index in [0.29, 0.717) is 17.4 Å². The van der Waals surface area contributed by atoms with Crippen molar-refractivity contribution in [1.29, 1.82) is 0 Å². The third kappa shape index (κ3) is 10.9. The molecule has 4 rings (SSSR count). The lowest BCUT2D eigenvalue weighted by Crippen LogP contribution is -2.55. The summed E-state index contributed by atoms with van der Waals surface area (Å²) < 4.78 is 65.5. The molecule has 2 aromatic carbocycles. The van der Waals surface area contributed by atoms with Gasteiger partial charge in [0.2, 0.25) is 5.91 Å². The molecule has 1 aliphatic rings. The Kier molecular flexibility index (Phi) is 12.3. The largest absolute Gasteiger partial charge is 0.485 e. The topological polar surface area (TPSA) is 145 Å². The number of ether oxygens (including phenoxy) is 4. The lowest BCUT2D eigenvalue weighted by atomic mass is 9.84. The number of carbonyl (C=O) groups excluding carboxylic acids is 4. The van der Waals surface area contributed by atoms with E-state index >= 15 is 4.39 Å². The van der Waals surface area contributed by atoms with Crippen molar-refractivity contribution in [2.75, 3.05) is 25.1 Å². The van der Waals surface area contributed by atoms with Crippen LogP contribution in [-0.4, -0.2) is 83.4 Å². The van der Waals surface area contributed by atoms with Crippen molar-refractivity contribution in [3.63, 3.8) is 0 Å². The molecule has 0 radical (unpaired) electrons. The quantitative estimate of drug-likeness (QED) is 0.251. The Morgan fingerprint density at radius 3 is 2.02 bits per heavy atom. The van der Waals surface area contributed by atoms with Crippen molar-refractivity contribution < 1.29 is 51.3 Å². The van der Waals surface area contributed by atoms with Crippen molar-refractivity contribution in [3.05, 3.63) is 89.5 Å². The van der Waals surface area contributed by atoms with Gasteiger partial charge in [0.25, 0.3) is 0 Å². The van der Waals surface area contributed by atoms with Gasteiger partial charge in [-0.1, -0.05) is 24.3 Å². The second-order valence-corrected chi connectivity index (χ2v) is 13.8. The molecule has 2 heterocycles. The molecule has 12 nitrogen and oxygen atoms in total. The highest BCUT2D eigenvalue weighted by molar-refractivity contribution is 5.98. The maximum atomic E-state index is 15.3. The highest BCUT2D eigenvalue weighted by Gasteiger charge is 2.37. The first-order valence-corrected chi connectivity index (χ1v) is 16.1. The molecule has 2 N–H and O–H groups in total. The van der Waals surface area contributed by atoms with E-state index in [9.17, 15) is 28.0 Å². The smallest absolute Gasteiger partial charge is 0.411 e. The molecule has 1 aromatic heterocycles. The van der Waals surface area contributed by atoms with Crippen LogP contribution in [0.3, 0.4) is 0 Å². The average molecular weight is 715 g/mol. The summed E-state index contributed by atoms with van der Waals surface area (Å²) in [4.78, 5) is 56.7. The average Bonchev–Trinajstić information content (AvgIpc) is 3.04. The summed E-state index contributed by atoms with van der Waals surface area (Å²) in [5.41, 5.74) is -1.24. The number of carbonyl (C=O) groups is 4. The fourth-order valence-electron chi connectivity index (χ4n) is 5.17. The minimum absolute atomic E-state index is 0.119. The van der Waals surface area contributed by atoms with Crippen LogP contribution < -0.4 is 15.4 Å². The molecule has 0 spiro atoms. The molecule has 0 aliphatic carbocycles. The van der Waals surface area contributed by atoms with Gasteiger partial charge in [-0.25, -0.2) is 22.8 Å². The predicted molar refractivity (Wildman–Crippen MR) is 179 cm³/mol. The number of rotatable bonds is 10. The van der Waals surface area contributed by atoms with Crippen LogP contribution in [0.2, 0.25) is 0 Å². The molecule has 1 fully saturated rings. The first-order chi connectivity index (χ1) is 23.9. The molecular formula is C36H41F3N4O8. The van der Waals surface area contributed by atoms with Crippen molar-refractivity contribution in [1.82, 2.24) is 15.2 Å². The van der Waals surface area contributed by atoms with E-state index < -0.39 is 76.6 Å². The van der Waals surface area contributed by atoms with Gasteiger partial charge >= 0.3 is 12.2 Å². The van der Waals surface area contributed by atoms with Crippen molar-refractivity contribution in [2.24, 2.45) is 0 Å². The van der Waals surface area contributed by atoms with Crippen LogP contribution in [0.5, 0.6) is 5.75 Å². The second kappa shape index (κ2) is 16.2. The zero-order valence-corrected chi connectivity index (χ0v) is 29.1. The van der Waals surface area contributed by atoms with E-state index in [1.807, 2.05) is 0 Å². The minimum Gasteiger partial charge on any atom is -0.485 e. The molecule has 1 aliphatic heterocycles. The van der Waals surface area contributed by atoms with Gasteiger partial charge in [-0.3, -0.25) is 14.7 Å². The molecule has 51 heavy (non-hydrogen) atoms.